The summed E-state index contributed by atoms with van der Waals surface area (Å²) in [6, 6.07) is -1.20. The average molecular weight is 598 g/mol. The molecule has 3 aromatic rings. The maximum Gasteiger partial charge on any atom is 0.410 e. The van der Waals surface area contributed by atoms with E-state index in [-0.39, 0.29) is 19.1 Å². The number of nitrogens with one attached hydrogen (secondary N) is 2. The van der Waals surface area contributed by atoms with E-state index in [2.05, 4.69) is 20.6 Å². The number of methoxy groups -OCH3 is 1. The summed E-state index contributed by atoms with van der Waals surface area (Å²) in [5, 5.41) is 12.9. The molecule has 3 amide bonds. The van der Waals surface area contributed by atoms with E-state index in [0.717, 1.165) is 4.90 Å². The Hall–Kier alpha value is -3.95. The summed E-state index contributed by atoms with van der Waals surface area (Å²) in [6.45, 7) is 0.786. The molecule has 42 heavy (non-hydrogen) atoms. The number of rotatable bonds is 9. The van der Waals surface area contributed by atoms with E-state index < -0.39 is 48.6 Å². The first-order chi connectivity index (χ1) is 19.9. The monoisotopic (exact) mass is 597 g/mol. The van der Waals surface area contributed by atoms with Gasteiger partial charge in [0.15, 0.2) is 5.65 Å². The molecule has 3 atom stereocenters. The van der Waals surface area contributed by atoms with Crippen LogP contribution in [-0.4, -0.2) is 74.9 Å². The number of hydrogen-bond donors (Lipinski definition) is 2. The SMILES string of the molecule is COC[C@H](c1cnn2cc([C@@H](NC(=O)OCc3ccon3)C3CCC(C)(F)CC3)nc2c1)N1C[C@@H](C(F)(F)F)NC1=O. The highest BCUT2D eigenvalue weighted by Gasteiger charge is 2.48. The van der Waals surface area contributed by atoms with Gasteiger partial charge >= 0.3 is 18.3 Å². The predicted octanol–water partition coefficient (Wildman–Crippen LogP) is 4.25. The number of nitrogens with zero attached hydrogens (tertiary/aromatic N) is 5. The molecule has 2 aliphatic rings. The summed E-state index contributed by atoms with van der Waals surface area (Å²) < 4.78 is 71.2. The van der Waals surface area contributed by atoms with Gasteiger partial charge in [-0.15, -0.1) is 0 Å². The van der Waals surface area contributed by atoms with Gasteiger partial charge in [-0.2, -0.15) is 18.3 Å². The highest BCUT2D eigenvalue weighted by Crippen LogP contribution is 2.40. The number of ether oxygens (including phenoxy) is 2. The molecular formula is C26H31F4N7O5. The largest absolute Gasteiger partial charge is 0.443 e. The van der Waals surface area contributed by atoms with Crippen molar-refractivity contribution in [3.63, 3.8) is 0 Å². The van der Waals surface area contributed by atoms with E-state index in [9.17, 15) is 27.2 Å². The van der Waals surface area contributed by atoms with E-state index in [1.807, 2.05) is 5.32 Å². The third kappa shape index (κ3) is 6.58. The third-order valence-electron chi connectivity index (χ3n) is 7.76. The Morgan fingerprint density at radius 3 is 2.74 bits per heavy atom. The number of carbonyl (C=O) groups is 2. The zero-order chi connectivity index (χ0) is 30.1. The highest BCUT2D eigenvalue weighted by atomic mass is 19.4. The number of hydrogen-bond acceptors (Lipinski definition) is 8. The first-order valence-corrected chi connectivity index (χ1v) is 13.4. The number of halogens is 4. The third-order valence-corrected chi connectivity index (χ3v) is 7.76. The van der Waals surface area contributed by atoms with Gasteiger partial charge in [-0.05, 0) is 44.6 Å². The summed E-state index contributed by atoms with van der Waals surface area (Å²) in [6.07, 6.45) is 0.709. The Labute approximate surface area is 237 Å². The zero-order valence-electron chi connectivity index (χ0n) is 22.9. The van der Waals surface area contributed by atoms with Gasteiger partial charge in [-0.25, -0.2) is 23.5 Å². The molecule has 0 aromatic carbocycles. The lowest BCUT2D eigenvalue weighted by Crippen LogP contribution is -2.40. The summed E-state index contributed by atoms with van der Waals surface area (Å²) in [5.41, 5.74) is 0.333. The molecule has 2 N–H and O–H groups in total. The van der Waals surface area contributed by atoms with Gasteiger partial charge in [0.05, 0.1) is 43.3 Å². The summed E-state index contributed by atoms with van der Waals surface area (Å²) >= 11 is 0. The lowest BCUT2D eigenvalue weighted by Gasteiger charge is -2.35. The average Bonchev–Trinajstić information content (AvgIpc) is 3.69. The summed E-state index contributed by atoms with van der Waals surface area (Å²) in [7, 11) is 1.38. The second-order valence-corrected chi connectivity index (χ2v) is 10.9. The number of carbonyl (C=O) groups excluding carboxylic acids is 2. The fourth-order valence-corrected chi connectivity index (χ4v) is 5.41. The van der Waals surface area contributed by atoms with Crippen molar-refractivity contribution in [1.82, 2.24) is 35.3 Å². The van der Waals surface area contributed by atoms with Crippen molar-refractivity contribution in [3.05, 3.63) is 47.7 Å². The van der Waals surface area contributed by atoms with Crippen LogP contribution in [0.15, 0.2) is 35.3 Å². The van der Waals surface area contributed by atoms with Crippen molar-refractivity contribution in [2.75, 3.05) is 20.3 Å². The Balaban J connectivity index is 1.39. The quantitative estimate of drug-likeness (QED) is 0.350. The number of urea groups is 1. The van der Waals surface area contributed by atoms with E-state index in [0.29, 0.717) is 48.3 Å². The number of alkyl halides is 4. The first kappa shape index (κ1) is 29.5. The second kappa shape index (κ2) is 11.7. The molecule has 1 aliphatic carbocycles. The van der Waals surface area contributed by atoms with Crippen LogP contribution in [0.5, 0.6) is 0 Å². The van der Waals surface area contributed by atoms with Crippen molar-refractivity contribution >= 4 is 17.8 Å². The molecule has 0 radical (unpaired) electrons. The van der Waals surface area contributed by atoms with Crippen molar-refractivity contribution in [2.24, 2.45) is 5.92 Å². The van der Waals surface area contributed by atoms with E-state index in [1.165, 1.54) is 24.1 Å². The normalized spacial score (nSPS) is 24.4. The molecular weight excluding hydrogens is 566 g/mol. The molecule has 1 saturated carbocycles. The molecule has 3 aromatic heterocycles. The summed E-state index contributed by atoms with van der Waals surface area (Å²) in [5.74, 6) is -0.147. The minimum absolute atomic E-state index is 0.0744. The van der Waals surface area contributed by atoms with Gasteiger partial charge in [0.1, 0.15) is 30.3 Å². The fraction of sp³-hybridized carbons (Fsp3) is 0.577. The maximum atomic E-state index is 14.6. The number of fused-ring (bicyclic) bond motifs is 1. The topological polar surface area (TPSA) is 136 Å². The van der Waals surface area contributed by atoms with Gasteiger partial charge in [0.25, 0.3) is 0 Å². The van der Waals surface area contributed by atoms with Crippen LogP contribution in [0.3, 0.4) is 0 Å². The minimum atomic E-state index is -4.60. The molecule has 5 rings (SSSR count). The van der Waals surface area contributed by atoms with Gasteiger partial charge in [-0.1, -0.05) is 5.16 Å². The van der Waals surface area contributed by atoms with E-state index in [1.54, 1.807) is 25.3 Å². The molecule has 12 nitrogen and oxygen atoms in total. The number of imidazole rings is 1. The highest BCUT2D eigenvalue weighted by molar-refractivity contribution is 5.77. The number of aromatic nitrogens is 4. The van der Waals surface area contributed by atoms with Crippen LogP contribution in [0.2, 0.25) is 0 Å². The van der Waals surface area contributed by atoms with Crippen LogP contribution in [-0.2, 0) is 16.1 Å². The van der Waals surface area contributed by atoms with Gasteiger partial charge in [-0.3, -0.25) is 0 Å². The standard InChI is InChI=1S/C26H31F4N7O5/c1-25(27)6-3-15(4-7-25)22(34-24(39)41-13-17-5-8-42-35-17)18-11-37-21(32-18)9-16(10-31-37)19(14-40-2)36-12-20(26(28,29)30)33-23(36)38/h5,8-11,15,19-20,22H,3-4,6-7,12-14H2,1-2H3,(H,33,38)(H,34,39)/t15?,19-,20+,22+,25?/m1/s1. The summed E-state index contributed by atoms with van der Waals surface area (Å²) in [4.78, 5) is 30.9. The first-order valence-electron chi connectivity index (χ1n) is 13.4. The predicted molar refractivity (Wildman–Crippen MR) is 137 cm³/mol. The maximum absolute atomic E-state index is 14.6. The van der Waals surface area contributed by atoms with Crippen molar-refractivity contribution in [3.8, 4) is 0 Å². The van der Waals surface area contributed by atoms with E-state index in [4.69, 9.17) is 14.0 Å². The van der Waals surface area contributed by atoms with Crippen molar-refractivity contribution < 1.29 is 41.1 Å². The molecule has 0 spiro atoms. The van der Waals surface area contributed by atoms with Crippen LogP contribution < -0.4 is 10.6 Å². The Morgan fingerprint density at radius 1 is 1.33 bits per heavy atom. The van der Waals surface area contributed by atoms with Gasteiger partial charge in [0.2, 0.25) is 0 Å². The van der Waals surface area contributed by atoms with E-state index >= 15 is 0 Å². The fourth-order valence-electron chi connectivity index (χ4n) is 5.41. The van der Waals surface area contributed by atoms with Crippen LogP contribution in [0.4, 0.5) is 27.2 Å². The lowest BCUT2D eigenvalue weighted by atomic mass is 9.77. The van der Waals surface area contributed by atoms with Crippen molar-refractivity contribution in [2.45, 2.75) is 69.2 Å². The van der Waals surface area contributed by atoms with Gasteiger partial charge in [0, 0.05) is 18.7 Å². The Kier molecular flexibility index (Phi) is 8.25. The molecule has 4 heterocycles. The molecule has 1 aliphatic heterocycles. The molecule has 1 saturated heterocycles. The smallest absolute Gasteiger partial charge is 0.410 e. The zero-order valence-corrected chi connectivity index (χ0v) is 22.9. The molecule has 0 unspecified atom stereocenters. The van der Waals surface area contributed by atoms with Crippen LogP contribution in [0.1, 0.15) is 61.6 Å². The molecule has 0 bridgehead atoms. The number of alkyl carbamates (subject to hydrolysis) is 1. The Morgan fingerprint density at radius 2 is 2.10 bits per heavy atom. The van der Waals surface area contributed by atoms with Crippen molar-refractivity contribution in [1.29, 1.82) is 0 Å². The lowest BCUT2D eigenvalue weighted by molar-refractivity contribution is -0.150. The van der Waals surface area contributed by atoms with Crippen LogP contribution in [0, 0.1) is 5.92 Å². The van der Waals surface area contributed by atoms with Gasteiger partial charge < -0.3 is 29.5 Å². The van der Waals surface area contributed by atoms with Crippen LogP contribution >= 0.6 is 0 Å². The molecule has 2 fully saturated rings. The Bertz CT molecular complexity index is 1390. The minimum Gasteiger partial charge on any atom is -0.443 e. The number of amides is 3. The molecule has 16 heteroatoms. The second-order valence-electron chi connectivity index (χ2n) is 10.9. The molecule has 228 valence electrons. The van der Waals surface area contributed by atoms with Crippen LogP contribution in [0.25, 0.3) is 5.65 Å².